The molecule has 0 aliphatic rings. The van der Waals surface area contributed by atoms with Crippen LogP contribution in [0.4, 0.5) is 0 Å². The van der Waals surface area contributed by atoms with Crippen LogP contribution in [-0.4, -0.2) is 59.5 Å². The fourth-order valence-electron chi connectivity index (χ4n) is 1.47. The molecule has 0 unspecified atom stereocenters. The van der Waals surface area contributed by atoms with Crippen LogP contribution >= 0.6 is 0 Å². The van der Waals surface area contributed by atoms with Crippen molar-refractivity contribution in [2.24, 2.45) is 5.73 Å². The number of hydrogen-bond donors (Lipinski definition) is 2. The van der Waals surface area contributed by atoms with E-state index in [2.05, 4.69) is 10.3 Å². The first kappa shape index (κ1) is 14.6. The van der Waals surface area contributed by atoms with Crippen molar-refractivity contribution < 1.29 is 19.4 Å². The summed E-state index contributed by atoms with van der Waals surface area (Å²) in [5.74, 6) is -0.608. The van der Waals surface area contributed by atoms with Crippen molar-refractivity contribution in [1.82, 2.24) is 15.0 Å². The molecule has 0 atom stereocenters. The number of primary amides is 1. The van der Waals surface area contributed by atoms with Crippen LogP contribution in [0.2, 0.25) is 0 Å². The number of aliphatic hydroxyl groups excluding tert-OH is 1. The number of nitrogens with zero attached hydrogens (tertiary/aromatic N) is 3. The SMILES string of the molecule is COCCc1c(C(N)=O)nnn1CCOCCO. The molecule has 8 nitrogen and oxygen atoms in total. The smallest absolute Gasteiger partial charge is 0.271 e. The molecule has 102 valence electrons. The average molecular weight is 258 g/mol. The first-order valence-corrected chi connectivity index (χ1v) is 5.60. The van der Waals surface area contributed by atoms with Crippen molar-refractivity contribution in [3.05, 3.63) is 11.4 Å². The zero-order valence-electron chi connectivity index (χ0n) is 10.3. The van der Waals surface area contributed by atoms with Crippen LogP contribution in [0.1, 0.15) is 16.2 Å². The van der Waals surface area contributed by atoms with Gasteiger partial charge in [0.1, 0.15) is 0 Å². The Hall–Kier alpha value is -1.51. The standard InChI is InChI=1S/C10H18N4O4/c1-17-5-2-8-9(10(11)16)12-13-14(8)3-6-18-7-4-15/h15H,2-7H2,1H3,(H2,11,16). The van der Waals surface area contributed by atoms with Crippen LogP contribution in [0.15, 0.2) is 0 Å². The second-order valence-corrected chi connectivity index (χ2v) is 3.55. The molecule has 1 amide bonds. The Morgan fingerprint density at radius 1 is 1.44 bits per heavy atom. The van der Waals surface area contributed by atoms with E-state index in [0.717, 1.165) is 0 Å². The number of carbonyl (C=O) groups is 1. The summed E-state index contributed by atoms with van der Waals surface area (Å²) in [5, 5.41) is 16.2. The van der Waals surface area contributed by atoms with Gasteiger partial charge in [-0.05, 0) is 0 Å². The van der Waals surface area contributed by atoms with E-state index in [-0.39, 0.29) is 18.9 Å². The molecule has 0 saturated carbocycles. The largest absolute Gasteiger partial charge is 0.394 e. The van der Waals surface area contributed by atoms with Gasteiger partial charge in [0.05, 0.1) is 38.7 Å². The highest BCUT2D eigenvalue weighted by Gasteiger charge is 2.16. The summed E-state index contributed by atoms with van der Waals surface area (Å²) in [7, 11) is 1.57. The highest BCUT2D eigenvalue weighted by atomic mass is 16.5. The fraction of sp³-hybridized carbons (Fsp3) is 0.700. The number of aliphatic hydroxyl groups is 1. The van der Waals surface area contributed by atoms with Crippen molar-refractivity contribution in [2.75, 3.05) is 33.5 Å². The van der Waals surface area contributed by atoms with Gasteiger partial charge in [0.25, 0.3) is 5.91 Å². The summed E-state index contributed by atoms with van der Waals surface area (Å²) >= 11 is 0. The molecule has 0 fully saturated rings. The van der Waals surface area contributed by atoms with E-state index in [4.69, 9.17) is 20.3 Å². The lowest BCUT2D eigenvalue weighted by Crippen LogP contribution is -2.18. The molecule has 1 aromatic rings. The van der Waals surface area contributed by atoms with Gasteiger partial charge in [0.2, 0.25) is 0 Å². The van der Waals surface area contributed by atoms with Gasteiger partial charge < -0.3 is 20.3 Å². The van der Waals surface area contributed by atoms with Crippen molar-refractivity contribution in [1.29, 1.82) is 0 Å². The molecule has 18 heavy (non-hydrogen) atoms. The Bertz CT molecular complexity index is 380. The molecule has 0 saturated heterocycles. The van der Waals surface area contributed by atoms with Gasteiger partial charge in [-0.2, -0.15) is 0 Å². The molecule has 0 aliphatic heterocycles. The average Bonchev–Trinajstić information content (AvgIpc) is 2.75. The molecule has 0 bridgehead atoms. The van der Waals surface area contributed by atoms with Crippen LogP contribution < -0.4 is 5.73 Å². The Morgan fingerprint density at radius 3 is 2.83 bits per heavy atom. The zero-order valence-corrected chi connectivity index (χ0v) is 10.3. The van der Waals surface area contributed by atoms with Gasteiger partial charge in [-0.3, -0.25) is 4.79 Å². The molecule has 3 N–H and O–H groups in total. The minimum Gasteiger partial charge on any atom is -0.394 e. The molecule has 0 spiro atoms. The number of nitrogens with two attached hydrogens (primary N) is 1. The van der Waals surface area contributed by atoms with E-state index in [1.54, 1.807) is 11.8 Å². The van der Waals surface area contributed by atoms with Crippen LogP contribution in [0.3, 0.4) is 0 Å². The predicted molar refractivity (Wildman–Crippen MR) is 62.0 cm³/mol. The van der Waals surface area contributed by atoms with Crippen molar-refractivity contribution in [2.45, 2.75) is 13.0 Å². The second kappa shape index (κ2) is 7.75. The van der Waals surface area contributed by atoms with E-state index < -0.39 is 5.91 Å². The summed E-state index contributed by atoms with van der Waals surface area (Å²) in [5.41, 5.74) is 6.01. The number of hydrogen-bond acceptors (Lipinski definition) is 6. The van der Waals surface area contributed by atoms with Gasteiger partial charge in [0, 0.05) is 13.5 Å². The number of aromatic nitrogens is 3. The third kappa shape index (κ3) is 4.06. The van der Waals surface area contributed by atoms with Gasteiger partial charge in [0.15, 0.2) is 5.69 Å². The van der Waals surface area contributed by atoms with Crippen molar-refractivity contribution >= 4 is 5.91 Å². The predicted octanol–water partition coefficient (Wildman–Crippen LogP) is -1.43. The molecule has 1 heterocycles. The lowest BCUT2D eigenvalue weighted by atomic mass is 10.2. The number of ether oxygens (including phenoxy) is 2. The minimum absolute atomic E-state index is 0.0274. The normalized spacial score (nSPS) is 10.8. The third-order valence-electron chi connectivity index (χ3n) is 2.30. The molecule has 0 radical (unpaired) electrons. The summed E-state index contributed by atoms with van der Waals surface area (Å²) in [6.07, 6.45) is 0.502. The molecular weight excluding hydrogens is 240 g/mol. The minimum atomic E-state index is -0.608. The molecular formula is C10H18N4O4. The van der Waals surface area contributed by atoms with E-state index in [1.165, 1.54) is 0 Å². The van der Waals surface area contributed by atoms with Gasteiger partial charge >= 0.3 is 0 Å². The number of rotatable bonds is 9. The van der Waals surface area contributed by atoms with Crippen molar-refractivity contribution in [3.8, 4) is 0 Å². The topological polar surface area (TPSA) is 112 Å². The van der Waals surface area contributed by atoms with E-state index in [1.807, 2.05) is 0 Å². The molecule has 1 rings (SSSR count). The van der Waals surface area contributed by atoms with Crippen molar-refractivity contribution in [3.63, 3.8) is 0 Å². The Morgan fingerprint density at radius 2 is 2.22 bits per heavy atom. The lowest BCUT2D eigenvalue weighted by Gasteiger charge is -2.07. The molecule has 0 aromatic carbocycles. The van der Waals surface area contributed by atoms with Crippen LogP contribution in [0, 0.1) is 0 Å². The summed E-state index contributed by atoms with van der Waals surface area (Å²) in [6.45, 7) is 1.51. The Kier molecular flexibility index (Phi) is 6.26. The fourth-order valence-corrected chi connectivity index (χ4v) is 1.47. The lowest BCUT2D eigenvalue weighted by molar-refractivity contribution is 0.0844. The first-order chi connectivity index (χ1) is 8.70. The van der Waals surface area contributed by atoms with E-state index in [9.17, 15) is 4.79 Å². The Balaban J connectivity index is 2.67. The number of amides is 1. The van der Waals surface area contributed by atoms with Gasteiger partial charge in [-0.1, -0.05) is 5.21 Å². The Labute approximate surface area is 105 Å². The number of methoxy groups -OCH3 is 1. The molecule has 1 aromatic heterocycles. The van der Waals surface area contributed by atoms with Crippen LogP contribution in [0.5, 0.6) is 0 Å². The summed E-state index contributed by atoms with van der Waals surface area (Å²) in [4.78, 5) is 11.2. The maximum atomic E-state index is 11.2. The monoisotopic (exact) mass is 258 g/mol. The van der Waals surface area contributed by atoms with Gasteiger partial charge in [-0.25, -0.2) is 4.68 Å². The highest BCUT2D eigenvalue weighted by Crippen LogP contribution is 2.06. The third-order valence-corrected chi connectivity index (χ3v) is 2.30. The summed E-state index contributed by atoms with van der Waals surface area (Å²) in [6, 6.07) is 0. The first-order valence-electron chi connectivity index (χ1n) is 5.60. The molecule has 8 heteroatoms. The summed E-state index contributed by atoms with van der Waals surface area (Å²) < 4.78 is 11.7. The maximum absolute atomic E-state index is 11.2. The zero-order chi connectivity index (χ0) is 13.4. The van der Waals surface area contributed by atoms with E-state index >= 15 is 0 Å². The maximum Gasteiger partial charge on any atom is 0.271 e. The highest BCUT2D eigenvalue weighted by molar-refractivity contribution is 5.91. The van der Waals surface area contributed by atoms with E-state index in [0.29, 0.717) is 31.9 Å². The second-order valence-electron chi connectivity index (χ2n) is 3.55. The number of carbonyl (C=O) groups excluding carboxylic acids is 1. The molecule has 0 aliphatic carbocycles. The van der Waals surface area contributed by atoms with Gasteiger partial charge in [-0.15, -0.1) is 5.10 Å². The van der Waals surface area contributed by atoms with Crippen LogP contribution in [0.25, 0.3) is 0 Å². The quantitative estimate of drug-likeness (QED) is 0.525. The van der Waals surface area contributed by atoms with Crippen LogP contribution in [-0.2, 0) is 22.4 Å².